The fraction of sp³-hybridized carbons (Fsp3) is 0.429. The van der Waals surface area contributed by atoms with Gasteiger partial charge in [0.15, 0.2) is 0 Å². The molecule has 2 amide bonds. The lowest BCUT2D eigenvalue weighted by molar-refractivity contribution is -0.128. The lowest BCUT2D eigenvalue weighted by Crippen LogP contribution is -2.50. The SMILES string of the molecule is NCc1ccc2c(c1)CCC(=O)N2C(=O)C1(N)CC1. The largest absolute Gasteiger partial charge is 0.326 e. The molecule has 0 bridgehead atoms. The van der Waals surface area contributed by atoms with Gasteiger partial charge in [0.1, 0.15) is 0 Å². The van der Waals surface area contributed by atoms with Crippen molar-refractivity contribution in [3.05, 3.63) is 29.3 Å². The van der Waals surface area contributed by atoms with Gasteiger partial charge in [-0.3, -0.25) is 9.59 Å². The van der Waals surface area contributed by atoms with Crippen LogP contribution in [0.15, 0.2) is 18.2 Å². The van der Waals surface area contributed by atoms with Crippen LogP contribution in [0.3, 0.4) is 0 Å². The highest BCUT2D eigenvalue weighted by Gasteiger charge is 2.50. The molecule has 5 heteroatoms. The van der Waals surface area contributed by atoms with E-state index in [2.05, 4.69) is 0 Å². The normalized spacial score (nSPS) is 20.1. The molecule has 1 heterocycles. The third kappa shape index (κ3) is 1.95. The molecule has 1 aliphatic carbocycles. The molecule has 2 aliphatic rings. The van der Waals surface area contributed by atoms with E-state index in [1.807, 2.05) is 12.1 Å². The third-order valence-corrected chi connectivity index (χ3v) is 3.90. The summed E-state index contributed by atoms with van der Waals surface area (Å²) >= 11 is 0. The summed E-state index contributed by atoms with van der Waals surface area (Å²) in [7, 11) is 0. The summed E-state index contributed by atoms with van der Waals surface area (Å²) in [6.07, 6.45) is 2.32. The van der Waals surface area contributed by atoms with Gasteiger partial charge in [0, 0.05) is 13.0 Å². The molecule has 4 N–H and O–H groups in total. The zero-order valence-corrected chi connectivity index (χ0v) is 10.7. The molecule has 0 spiro atoms. The number of amides is 2. The molecular weight excluding hydrogens is 242 g/mol. The summed E-state index contributed by atoms with van der Waals surface area (Å²) in [5.74, 6) is -0.423. The zero-order chi connectivity index (χ0) is 13.6. The maximum Gasteiger partial charge on any atom is 0.253 e. The molecule has 1 fully saturated rings. The second-order valence-corrected chi connectivity index (χ2v) is 5.36. The fourth-order valence-electron chi connectivity index (χ4n) is 2.47. The number of carbonyl (C=O) groups is 2. The molecule has 1 aromatic carbocycles. The van der Waals surface area contributed by atoms with Crippen molar-refractivity contribution in [2.24, 2.45) is 11.5 Å². The number of imide groups is 1. The molecule has 19 heavy (non-hydrogen) atoms. The minimum absolute atomic E-state index is 0.158. The quantitative estimate of drug-likeness (QED) is 0.754. The molecule has 1 aromatic rings. The Morgan fingerprint density at radius 2 is 2.05 bits per heavy atom. The Morgan fingerprint density at radius 3 is 2.68 bits per heavy atom. The Morgan fingerprint density at radius 1 is 1.32 bits per heavy atom. The van der Waals surface area contributed by atoms with Gasteiger partial charge in [0.05, 0.1) is 11.2 Å². The number of hydrogen-bond donors (Lipinski definition) is 2. The first kappa shape index (κ1) is 12.3. The smallest absolute Gasteiger partial charge is 0.253 e. The van der Waals surface area contributed by atoms with E-state index in [9.17, 15) is 9.59 Å². The van der Waals surface area contributed by atoms with Gasteiger partial charge in [-0.2, -0.15) is 0 Å². The van der Waals surface area contributed by atoms with Crippen LogP contribution in [-0.2, 0) is 22.6 Å². The summed E-state index contributed by atoms with van der Waals surface area (Å²) in [5, 5.41) is 0. The standard InChI is InChI=1S/C14H17N3O2/c15-8-9-1-3-11-10(7-9)2-4-12(18)17(11)13(19)14(16)5-6-14/h1,3,7H,2,4-6,8,15-16H2. The summed E-state index contributed by atoms with van der Waals surface area (Å²) in [5.41, 5.74) is 13.4. The van der Waals surface area contributed by atoms with Crippen molar-refractivity contribution >= 4 is 17.5 Å². The highest BCUT2D eigenvalue weighted by atomic mass is 16.2. The molecule has 100 valence electrons. The van der Waals surface area contributed by atoms with Crippen molar-refractivity contribution in [2.75, 3.05) is 4.90 Å². The summed E-state index contributed by atoms with van der Waals surface area (Å²) in [6.45, 7) is 0.454. The van der Waals surface area contributed by atoms with E-state index in [1.165, 1.54) is 4.90 Å². The number of anilines is 1. The van der Waals surface area contributed by atoms with Crippen molar-refractivity contribution < 1.29 is 9.59 Å². The van der Waals surface area contributed by atoms with Crippen LogP contribution in [0.4, 0.5) is 5.69 Å². The first-order valence-electron chi connectivity index (χ1n) is 6.53. The molecule has 1 aliphatic heterocycles. The second kappa shape index (κ2) is 4.15. The fourth-order valence-corrected chi connectivity index (χ4v) is 2.47. The Kier molecular flexibility index (Phi) is 2.69. The van der Waals surface area contributed by atoms with Crippen LogP contribution in [0.2, 0.25) is 0 Å². The van der Waals surface area contributed by atoms with Crippen molar-refractivity contribution in [3.63, 3.8) is 0 Å². The third-order valence-electron chi connectivity index (χ3n) is 3.90. The van der Waals surface area contributed by atoms with E-state index in [0.717, 1.165) is 11.1 Å². The van der Waals surface area contributed by atoms with Crippen molar-refractivity contribution in [3.8, 4) is 0 Å². The lowest BCUT2D eigenvalue weighted by atomic mass is 9.97. The average molecular weight is 259 g/mol. The molecule has 5 nitrogen and oxygen atoms in total. The first-order valence-corrected chi connectivity index (χ1v) is 6.53. The van der Waals surface area contributed by atoms with Gasteiger partial charge in [-0.05, 0) is 36.5 Å². The lowest BCUT2D eigenvalue weighted by Gasteiger charge is -2.30. The molecule has 1 saturated carbocycles. The van der Waals surface area contributed by atoms with Crippen molar-refractivity contribution in [1.29, 1.82) is 0 Å². The Bertz CT molecular complexity index is 564. The van der Waals surface area contributed by atoms with Crippen LogP contribution in [0.25, 0.3) is 0 Å². The van der Waals surface area contributed by atoms with Gasteiger partial charge in [-0.25, -0.2) is 4.90 Å². The van der Waals surface area contributed by atoms with Crippen LogP contribution < -0.4 is 16.4 Å². The van der Waals surface area contributed by atoms with Gasteiger partial charge in [0.2, 0.25) is 5.91 Å². The number of nitrogens with zero attached hydrogens (tertiary/aromatic N) is 1. The maximum absolute atomic E-state index is 12.4. The van der Waals surface area contributed by atoms with E-state index in [0.29, 0.717) is 37.9 Å². The summed E-state index contributed by atoms with van der Waals surface area (Å²) in [6, 6.07) is 5.63. The number of benzene rings is 1. The molecule has 0 saturated heterocycles. The van der Waals surface area contributed by atoms with Crippen LogP contribution in [0.5, 0.6) is 0 Å². The minimum Gasteiger partial charge on any atom is -0.326 e. The Balaban J connectivity index is 2.01. The number of fused-ring (bicyclic) bond motifs is 1. The molecule has 0 atom stereocenters. The van der Waals surface area contributed by atoms with Crippen molar-refractivity contribution in [1.82, 2.24) is 0 Å². The predicted octanol–water partition coefficient (Wildman–Crippen LogP) is 0.442. The zero-order valence-electron chi connectivity index (χ0n) is 10.7. The second-order valence-electron chi connectivity index (χ2n) is 5.36. The van der Waals surface area contributed by atoms with Gasteiger partial charge >= 0.3 is 0 Å². The molecule has 0 radical (unpaired) electrons. The van der Waals surface area contributed by atoms with E-state index in [-0.39, 0.29) is 11.8 Å². The Hall–Kier alpha value is -1.72. The number of rotatable bonds is 2. The molecule has 0 unspecified atom stereocenters. The van der Waals surface area contributed by atoms with Crippen LogP contribution in [-0.4, -0.2) is 17.4 Å². The van der Waals surface area contributed by atoms with E-state index >= 15 is 0 Å². The summed E-state index contributed by atoms with van der Waals surface area (Å²) in [4.78, 5) is 25.7. The highest BCUT2D eigenvalue weighted by molar-refractivity contribution is 6.20. The molecule has 3 rings (SSSR count). The number of nitrogens with two attached hydrogens (primary N) is 2. The van der Waals surface area contributed by atoms with Crippen LogP contribution >= 0.6 is 0 Å². The van der Waals surface area contributed by atoms with E-state index in [4.69, 9.17) is 11.5 Å². The highest BCUT2D eigenvalue weighted by Crippen LogP contribution is 2.38. The number of aryl methyl sites for hydroxylation is 1. The number of hydrogen-bond acceptors (Lipinski definition) is 4. The predicted molar refractivity (Wildman–Crippen MR) is 71.3 cm³/mol. The van der Waals surface area contributed by atoms with Gasteiger partial charge in [-0.1, -0.05) is 12.1 Å². The van der Waals surface area contributed by atoms with Crippen LogP contribution in [0.1, 0.15) is 30.4 Å². The van der Waals surface area contributed by atoms with E-state index in [1.54, 1.807) is 6.07 Å². The van der Waals surface area contributed by atoms with Gasteiger partial charge in [0.25, 0.3) is 5.91 Å². The average Bonchev–Trinajstić information content (AvgIpc) is 3.17. The number of carbonyl (C=O) groups excluding carboxylic acids is 2. The van der Waals surface area contributed by atoms with Gasteiger partial charge < -0.3 is 11.5 Å². The van der Waals surface area contributed by atoms with Crippen molar-refractivity contribution in [2.45, 2.75) is 37.8 Å². The maximum atomic E-state index is 12.4. The minimum atomic E-state index is -0.823. The molecular formula is C14H17N3O2. The topological polar surface area (TPSA) is 89.4 Å². The monoisotopic (exact) mass is 259 g/mol. The Labute approximate surface area is 111 Å². The van der Waals surface area contributed by atoms with Crippen LogP contribution in [0, 0.1) is 0 Å². The van der Waals surface area contributed by atoms with Gasteiger partial charge in [-0.15, -0.1) is 0 Å². The molecule has 0 aromatic heterocycles. The van der Waals surface area contributed by atoms with E-state index < -0.39 is 5.54 Å². The summed E-state index contributed by atoms with van der Waals surface area (Å²) < 4.78 is 0. The first-order chi connectivity index (χ1) is 9.05.